The summed E-state index contributed by atoms with van der Waals surface area (Å²) in [5.41, 5.74) is 1.08. The molecule has 0 N–H and O–H groups in total. The number of ether oxygens (including phenoxy) is 2. The number of esters is 1. The highest BCUT2D eigenvalue weighted by atomic mass is 32.2. The molecule has 0 aromatic heterocycles. The van der Waals surface area contributed by atoms with Crippen LogP contribution in [0.25, 0.3) is 0 Å². The largest absolute Gasteiger partial charge is 0.479 e. The Kier molecular flexibility index (Phi) is 7.52. The van der Waals surface area contributed by atoms with Crippen molar-refractivity contribution >= 4 is 34.3 Å². The summed E-state index contributed by atoms with van der Waals surface area (Å²) < 4.78 is 10.7. The van der Waals surface area contributed by atoms with Crippen LogP contribution in [0.5, 0.6) is 0 Å². The number of benzene rings is 1. The van der Waals surface area contributed by atoms with E-state index >= 15 is 0 Å². The molecule has 0 saturated heterocycles. The van der Waals surface area contributed by atoms with Crippen molar-refractivity contribution in [1.29, 1.82) is 0 Å². The first kappa shape index (κ1) is 16.0. The Morgan fingerprint density at radius 1 is 1.21 bits per heavy atom. The molecule has 0 saturated carbocycles. The molecule has 0 radical (unpaired) electrons. The molecule has 3 nitrogen and oxygen atoms in total. The van der Waals surface area contributed by atoms with Gasteiger partial charge in [0.05, 0.1) is 13.2 Å². The number of thioether (sulfide) groups is 1. The molecule has 1 aromatic carbocycles. The van der Waals surface area contributed by atoms with Crippen LogP contribution in [0.4, 0.5) is 0 Å². The third kappa shape index (κ3) is 6.07. The number of hydrogen-bond acceptors (Lipinski definition) is 5. The predicted octanol–water partition coefficient (Wildman–Crippen LogP) is 3.22. The van der Waals surface area contributed by atoms with Gasteiger partial charge >= 0.3 is 5.97 Å². The SMILES string of the molecule is CCOC(=O)C(Cc1ccccc1)SC(=S)OCC. The van der Waals surface area contributed by atoms with Gasteiger partial charge in [0, 0.05) is 0 Å². The molecule has 0 spiro atoms. The molecule has 1 rings (SSSR count). The zero-order valence-corrected chi connectivity index (χ0v) is 12.8. The fourth-order valence-electron chi connectivity index (χ4n) is 1.50. The molecule has 0 bridgehead atoms. The molecule has 0 fully saturated rings. The summed E-state index contributed by atoms with van der Waals surface area (Å²) in [5.74, 6) is -0.251. The standard InChI is InChI=1S/C14H18O3S2/c1-3-16-13(15)12(19-14(18)17-4-2)10-11-8-6-5-7-9-11/h5-9,12H,3-4,10H2,1-2H3. The first-order valence-corrected chi connectivity index (χ1v) is 7.50. The van der Waals surface area contributed by atoms with E-state index in [9.17, 15) is 4.79 Å². The van der Waals surface area contributed by atoms with Crippen LogP contribution in [-0.4, -0.2) is 28.8 Å². The summed E-state index contributed by atoms with van der Waals surface area (Å²) in [4.78, 5) is 11.9. The van der Waals surface area contributed by atoms with E-state index in [0.29, 0.717) is 24.0 Å². The predicted molar refractivity (Wildman–Crippen MR) is 82.4 cm³/mol. The summed E-state index contributed by atoms with van der Waals surface area (Å²) in [6, 6.07) is 9.81. The van der Waals surface area contributed by atoms with E-state index < -0.39 is 0 Å². The summed E-state index contributed by atoms with van der Waals surface area (Å²) in [6.07, 6.45) is 0.581. The zero-order valence-electron chi connectivity index (χ0n) is 11.1. The molecule has 1 unspecified atom stereocenters. The molecule has 5 heteroatoms. The molecular weight excluding hydrogens is 280 g/mol. The molecule has 19 heavy (non-hydrogen) atoms. The number of rotatable bonds is 6. The van der Waals surface area contributed by atoms with Gasteiger partial charge in [-0.25, -0.2) is 0 Å². The van der Waals surface area contributed by atoms with E-state index in [1.807, 2.05) is 37.3 Å². The molecule has 0 aliphatic rings. The lowest BCUT2D eigenvalue weighted by atomic mass is 10.1. The number of carbonyl (C=O) groups is 1. The Balaban J connectivity index is 2.69. The van der Waals surface area contributed by atoms with Crippen molar-refractivity contribution in [3.8, 4) is 0 Å². The first-order chi connectivity index (χ1) is 9.17. The second-order valence-corrected chi connectivity index (χ2v) is 5.54. The Morgan fingerprint density at radius 3 is 2.42 bits per heavy atom. The van der Waals surface area contributed by atoms with Crippen LogP contribution in [0.1, 0.15) is 19.4 Å². The van der Waals surface area contributed by atoms with Gasteiger partial charge in [0.2, 0.25) is 4.38 Å². The molecule has 1 atom stereocenters. The van der Waals surface area contributed by atoms with Gasteiger partial charge in [0.1, 0.15) is 5.25 Å². The number of carbonyl (C=O) groups excluding carboxylic acids is 1. The van der Waals surface area contributed by atoms with Crippen molar-refractivity contribution in [1.82, 2.24) is 0 Å². The van der Waals surface area contributed by atoms with E-state index in [2.05, 4.69) is 0 Å². The minimum absolute atomic E-state index is 0.251. The van der Waals surface area contributed by atoms with Crippen molar-refractivity contribution < 1.29 is 14.3 Å². The normalized spacial score (nSPS) is 11.7. The number of hydrogen-bond donors (Lipinski definition) is 0. The highest BCUT2D eigenvalue weighted by molar-refractivity contribution is 8.23. The minimum Gasteiger partial charge on any atom is -0.479 e. The molecule has 0 amide bonds. The van der Waals surface area contributed by atoms with E-state index in [0.717, 1.165) is 5.56 Å². The third-order valence-electron chi connectivity index (χ3n) is 2.31. The third-order valence-corrected chi connectivity index (χ3v) is 3.67. The summed E-state index contributed by atoms with van der Waals surface area (Å²) in [5, 5.41) is -0.360. The Bertz CT molecular complexity index is 406. The van der Waals surface area contributed by atoms with E-state index in [4.69, 9.17) is 21.7 Å². The van der Waals surface area contributed by atoms with Crippen LogP contribution < -0.4 is 0 Å². The van der Waals surface area contributed by atoms with Crippen molar-refractivity contribution in [2.45, 2.75) is 25.5 Å². The smallest absolute Gasteiger partial charge is 0.319 e. The highest BCUT2D eigenvalue weighted by Gasteiger charge is 2.23. The van der Waals surface area contributed by atoms with Gasteiger partial charge < -0.3 is 9.47 Å². The lowest BCUT2D eigenvalue weighted by molar-refractivity contribution is -0.142. The van der Waals surface area contributed by atoms with Crippen LogP contribution >= 0.6 is 24.0 Å². The van der Waals surface area contributed by atoms with Gasteiger partial charge in [-0.1, -0.05) is 42.1 Å². The molecule has 104 valence electrons. The van der Waals surface area contributed by atoms with E-state index in [1.54, 1.807) is 6.92 Å². The van der Waals surface area contributed by atoms with Gasteiger partial charge in [-0.05, 0) is 38.0 Å². The van der Waals surface area contributed by atoms with Gasteiger partial charge in [-0.3, -0.25) is 4.79 Å². The van der Waals surface area contributed by atoms with Crippen LogP contribution in [0, 0.1) is 0 Å². The summed E-state index contributed by atoms with van der Waals surface area (Å²) in [6.45, 7) is 4.53. The average Bonchev–Trinajstić information content (AvgIpc) is 2.40. The maximum absolute atomic E-state index is 11.9. The second kappa shape index (κ2) is 8.93. The quantitative estimate of drug-likeness (QED) is 0.595. The molecule has 0 aliphatic heterocycles. The monoisotopic (exact) mass is 298 g/mol. The summed E-state index contributed by atoms with van der Waals surface area (Å²) >= 11 is 6.33. The fourth-order valence-corrected chi connectivity index (χ4v) is 2.83. The van der Waals surface area contributed by atoms with Crippen LogP contribution in [0.2, 0.25) is 0 Å². The van der Waals surface area contributed by atoms with Crippen LogP contribution in [-0.2, 0) is 20.7 Å². The van der Waals surface area contributed by atoms with Gasteiger partial charge in [0.15, 0.2) is 0 Å². The first-order valence-electron chi connectivity index (χ1n) is 6.21. The fraction of sp³-hybridized carbons (Fsp3) is 0.429. The van der Waals surface area contributed by atoms with Gasteiger partial charge in [-0.15, -0.1) is 0 Å². The van der Waals surface area contributed by atoms with Gasteiger partial charge in [-0.2, -0.15) is 0 Å². The zero-order chi connectivity index (χ0) is 14.1. The summed E-state index contributed by atoms with van der Waals surface area (Å²) in [7, 11) is 0. The van der Waals surface area contributed by atoms with Crippen molar-refractivity contribution in [3.05, 3.63) is 35.9 Å². The van der Waals surface area contributed by atoms with Crippen molar-refractivity contribution in [2.24, 2.45) is 0 Å². The molecule has 0 heterocycles. The lowest BCUT2D eigenvalue weighted by Gasteiger charge is -2.15. The topological polar surface area (TPSA) is 35.5 Å². The van der Waals surface area contributed by atoms with Crippen molar-refractivity contribution in [2.75, 3.05) is 13.2 Å². The maximum Gasteiger partial charge on any atom is 0.319 e. The van der Waals surface area contributed by atoms with E-state index in [-0.39, 0.29) is 11.2 Å². The van der Waals surface area contributed by atoms with Gasteiger partial charge in [0.25, 0.3) is 0 Å². The highest BCUT2D eigenvalue weighted by Crippen LogP contribution is 2.20. The molecule has 0 aliphatic carbocycles. The maximum atomic E-state index is 11.9. The van der Waals surface area contributed by atoms with E-state index in [1.165, 1.54) is 11.8 Å². The second-order valence-electron chi connectivity index (χ2n) is 3.73. The lowest BCUT2D eigenvalue weighted by Crippen LogP contribution is -2.24. The van der Waals surface area contributed by atoms with Crippen molar-refractivity contribution in [3.63, 3.8) is 0 Å². The number of thiocarbonyl (C=S) groups is 1. The Morgan fingerprint density at radius 2 is 1.84 bits per heavy atom. The molecular formula is C14H18O3S2. The van der Waals surface area contributed by atoms with Crippen LogP contribution in [0.15, 0.2) is 30.3 Å². The minimum atomic E-state index is -0.360. The molecule has 1 aromatic rings. The Labute approximate surface area is 123 Å². The average molecular weight is 298 g/mol. The Hall–Kier alpha value is -1.07. The van der Waals surface area contributed by atoms with Crippen LogP contribution in [0.3, 0.4) is 0 Å².